The summed E-state index contributed by atoms with van der Waals surface area (Å²) in [5, 5.41) is 5.55. The lowest BCUT2D eigenvalue weighted by Crippen LogP contribution is -2.77. The van der Waals surface area contributed by atoms with Crippen LogP contribution in [0.15, 0.2) is 0 Å². The van der Waals surface area contributed by atoms with Crippen molar-refractivity contribution in [3.05, 3.63) is 0 Å². The standard InChI is InChI=1S/C8H12N4O16S4/c13-29(14)21-6(22-29)5-10-2-1-9-3-4-11-7(24-31(17,18)27-11)8(25-30(15,16)23-7)12(6)28-32(19,20)26-8/h9-10H,1-5H2. The fourth-order valence-electron chi connectivity index (χ4n) is 3.29. The first kappa shape index (κ1) is 23.1. The summed E-state index contributed by atoms with van der Waals surface area (Å²) in [6.45, 7) is -0.999. The van der Waals surface area contributed by atoms with Gasteiger partial charge in [0.2, 0.25) is 0 Å². The molecular formula is C8H12N4O16S4. The van der Waals surface area contributed by atoms with E-state index in [9.17, 15) is 33.7 Å². The van der Waals surface area contributed by atoms with Crippen molar-refractivity contribution < 1.29 is 67.3 Å². The molecule has 5 fully saturated rings. The minimum absolute atomic E-state index is 0.0814. The molecule has 184 valence electrons. The van der Waals surface area contributed by atoms with Crippen molar-refractivity contribution in [1.29, 1.82) is 0 Å². The Morgan fingerprint density at radius 2 is 1.12 bits per heavy atom. The van der Waals surface area contributed by atoms with Gasteiger partial charge in [0.25, 0.3) is 0 Å². The fourth-order valence-corrected chi connectivity index (χ4v) is 7.13. The van der Waals surface area contributed by atoms with E-state index in [0.717, 1.165) is 0 Å². The molecule has 3 spiro atoms. The molecule has 0 aliphatic carbocycles. The molecule has 5 saturated heterocycles. The number of fused-ring (bicyclic) bond motifs is 1. The lowest BCUT2D eigenvalue weighted by molar-refractivity contribution is -0.482. The second-order valence-electron chi connectivity index (χ2n) is 6.48. The van der Waals surface area contributed by atoms with E-state index in [4.69, 9.17) is 0 Å². The number of rotatable bonds is 0. The maximum Gasteiger partial charge on any atom is 0.420 e. The summed E-state index contributed by atoms with van der Waals surface area (Å²) in [4.78, 5) is 0. The second kappa shape index (κ2) is 6.71. The highest BCUT2D eigenvalue weighted by Gasteiger charge is 2.88. The van der Waals surface area contributed by atoms with Crippen molar-refractivity contribution in [3.63, 3.8) is 0 Å². The molecule has 0 amide bonds. The average Bonchev–Trinajstić information content (AvgIpc) is 3.09. The zero-order valence-electron chi connectivity index (χ0n) is 15.1. The molecule has 5 aliphatic heterocycles. The smallest absolute Gasteiger partial charge is 0.314 e. The molecule has 0 bridgehead atoms. The van der Waals surface area contributed by atoms with Gasteiger partial charge in [0.15, 0.2) is 0 Å². The molecule has 5 heterocycles. The Kier molecular flexibility index (Phi) is 4.84. The topological polar surface area (TPSA) is 241 Å². The zero-order chi connectivity index (χ0) is 23.3. The third-order valence-corrected chi connectivity index (χ3v) is 7.64. The largest absolute Gasteiger partial charge is 0.420 e. The van der Waals surface area contributed by atoms with E-state index >= 15 is 0 Å². The van der Waals surface area contributed by atoms with Gasteiger partial charge in [-0.25, -0.2) is 0 Å². The van der Waals surface area contributed by atoms with Gasteiger partial charge in [-0.3, -0.25) is 0 Å². The van der Waals surface area contributed by atoms with Gasteiger partial charge in [0.1, 0.15) is 0 Å². The molecule has 2 atom stereocenters. The summed E-state index contributed by atoms with van der Waals surface area (Å²) in [5.41, 5.74) is 0. The van der Waals surface area contributed by atoms with E-state index < -0.39 is 72.4 Å². The van der Waals surface area contributed by atoms with Crippen LogP contribution in [0.5, 0.6) is 0 Å². The molecular weight excluding hydrogens is 536 g/mol. The maximum absolute atomic E-state index is 12.3. The van der Waals surface area contributed by atoms with Gasteiger partial charge in [0.05, 0.1) is 6.54 Å². The van der Waals surface area contributed by atoms with E-state index in [0.29, 0.717) is 0 Å². The van der Waals surface area contributed by atoms with Crippen LogP contribution in [0.25, 0.3) is 0 Å². The SMILES string of the molecule is O=S1(=O)OC2(CNCCNCCN3OS(=O)(=O)OC34OS(=O)(=O)OC43OS(=O)(=O)ON23)O1. The van der Waals surface area contributed by atoms with Gasteiger partial charge in [-0.2, -0.15) is 58.8 Å². The summed E-state index contributed by atoms with van der Waals surface area (Å²) in [6, 6.07) is 0. The van der Waals surface area contributed by atoms with Crippen molar-refractivity contribution >= 4 is 41.6 Å². The highest BCUT2D eigenvalue weighted by molar-refractivity contribution is 7.83. The molecule has 0 aromatic rings. The Balaban J connectivity index is 1.75. The van der Waals surface area contributed by atoms with Crippen LogP contribution in [0, 0.1) is 0 Å². The lowest BCUT2D eigenvalue weighted by atomic mass is 10.2. The monoisotopic (exact) mass is 548 g/mol. The molecule has 24 heteroatoms. The number of nitrogens with zero attached hydrogens (tertiary/aromatic N) is 2. The molecule has 20 nitrogen and oxygen atoms in total. The van der Waals surface area contributed by atoms with Crippen molar-refractivity contribution in [2.24, 2.45) is 0 Å². The van der Waals surface area contributed by atoms with Crippen LogP contribution in [0.1, 0.15) is 0 Å². The molecule has 2 unspecified atom stereocenters. The van der Waals surface area contributed by atoms with E-state index in [-0.39, 0.29) is 29.8 Å². The van der Waals surface area contributed by atoms with Crippen molar-refractivity contribution in [2.45, 2.75) is 17.7 Å². The molecule has 5 rings (SSSR count). The predicted molar refractivity (Wildman–Crippen MR) is 86.8 cm³/mol. The molecule has 0 radical (unpaired) electrons. The Morgan fingerprint density at radius 1 is 0.594 bits per heavy atom. The van der Waals surface area contributed by atoms with Gasteiger partial charge in [-0.05, 0) is 5.06 Å². The van der Waals surface area contributed by atoms with Crippen molar-refractivity contribution in [1.82, 2.24) is 20.8 Å². The third-order valence-electron chi connectivity index (χ3n) is 4.29. The Morgan fingerprint density at radius 3 is 1.81 bits per heavy atom. The minimum Gasteiger partial charge on any atom is -0.314 e. The van der Waals surface area contributed by atoms with Gasteiger partial charge in [-0.15, -0.1) is 13.6 Å². The first-order chi connectivity index (χ1) is 14.6. The van der Waals surface area contributed by atoms with E-state index in [1.165, 1.54) is 0 Å². The normalized spacial score (nSPS) is 42.1. The van der Waals surface area contributed by atoms with Gasteiger partial charge in [-0.1, -0.05) is 0 Å². The van der Waals surface area contributed by atoms with Crippen molar-refractivity contribution in [3.8, 4) is 0 Å². The zero-order valence-corrected chi connectivity index (χ0v) is 18.4. The molecule has 0 aromatic carbocycles. The lowest BCUT2D eigenvalue weighted by Gasteiger charge is -2.47. The molecule has 32 heavy (non-hydrogen) atoms. The highest BCUT2D eigenvalue weighted by Crippen LogP contribution is 2.57. The Hall–Kier alpha value is -0.680. The molecule has 0 aromatic heterocycles. The molecule has 5 aliphatic rings. The summed E-state index contributed by atoms with van der Waals surface area (Å²) >= 11 is 0. The number of hydrogen-bond donors (Lipinski definition) is 2. The van der Waals surface area contributed by atoms with Crippen LogP contribution in [0.4, 0.5) is 0 Å². The predicted octanol–water partition coefficient (Wildman–Crippen LogP) is -5.26. The quantitative estimate of drug-likeness (QED) is 0.287. The third kappa shape index (κ3) is 3.39. The summed E-state index contributed by atoms with van der Waals surface area (Å²) in [6.07, 6.45) is 0. The van der Waals surface area contributed by atoms with Crippen molar-refractivity contribution in [2.75, 3.05) is 32.7 Å². The highest BCUT2D eigenvalue weighted by atomic mass is 32.3. The summed E-state index contributed by atoms with van der Waals surface area (Å²) in [7, 11) is -20.4. The van der Waals surface area contributed by atoms with Crippen LogP contribution in [-0.2, 0) is 75.3 Å². The first-order valence-electron chi connectivity index (χ1n) is 8.26. The maximum atomic E-state index is 12.3. The fraction of sp³-hybridized carbons (Fsp3) is 1.00. The Labute approximate surface area is 180 Å². The summed E-state index contributed by atoms with van der Waals surface area (Å²) < 4.78 is 134. The van der Waals surface area contributed by atoms with Crippen LogP contribution in [0.3, 0.4) is 0 Å². The van der Waals surface area contributed by atoms with E-state index in [2.05, 4.69) is 44.3 Å². The van der Waals surface area contributed by atoms with Crippen LogP contribution >= 0.6 is 0 Å². The summed E-state index contributed by atoms with van der Waals surface area (Å²) in [5.74, 6) is -9.75. The van der Waals surface area contributed by atoms with Gasteiger partial charge in [0, 0.05) is 26.2 Å². The second-order valence-corrected chi connectivity index (χ2v) is 11.0. The van der Waals surface area contributed by atoms with E-state index in [1.54, 1.807) is 0 Å². The van der Waals surface area contributed by atoms with Crippen LogP contribution < -0.4 is 10.6 Å². The van der Waals surface area contributed by atoms with Crippen LogP contribution in [-0.4, -0.2) is 94.3 Å². The van der Waals surface area contributed by atoms with Crippen LogP contribution in [0.2, 0.25) is 0 Å². The number of hydrogen-bond acceptors (Lipinski definition) is 20. The molecule has 2 N–H and O–H groups in total. The van der Waals surface area contributed by atoms with E-state index in [1.807, 2.05) is 0 Å². The van der Waals surface area contributed by atoms with Gasteiger partial charge >= 0.3 is 59.3 Å². The number of nitrogens with one attached hydrogen (secondary N) is 2. The van der Waals surface area contributed by atoms with Gasteiger partial charge < -0.3 is 10.6 Å². The molecule has 0 saturated carbocycles. The Bertz CT molecular complexity index is 1240. The first-order valence-corrected chi connectivity index (χ1v) is 13.6. The average molecular weight is 548 g/mol. The number of hydroxylamine groups is 4. The minimum atomic E-state index is -5.32.